The minimum absolute atomic E-state index is 0.359. The van der Waals surface area contributed by atoms with Crippen LogP contribution in [0.15, 0.2) is 48.6 Å². The van der Waals surface area contributed by atoms with E-state index in [1.165, 1.54) is 276 Å². The first kappa shape index (κ1) is 74.3. The van der Waals surface area contributed by atoms with Gasteiger partial charge >= 0.3 is 0 Å². The van der Waals surface area contributed by atoms with Gasteiger partial charge in [-0.2, -0.15) is 0 Å². The lowest BCUT2D eigenvalue weighted by Crippen LogP contribution is -2.53. The van der Waals surface area contributed by atoms with Crippen LogP contribution in [0.2, 0.25) is 0 Å². The fraction of sp³-hybridized carbons (Fsp3) is 0.871. The lowest BCUT2D eigenvalue weighted by Gasteiger charge is -2.27. The second-order valence-corrected chi connectivity index (χ2v) is 23.5. The highest BCUT2D eigenvalue weighted by atomic mass is 16.3. The molecule has 0 aromatic carbocycles. The quantitative estimate of drug-likeness (QED) is 0.0308. The number of aliphatic hydroxyl groups excluding tert-OH is 4. The Labute approximate surface area is 474 Å². The average Bonchev–Trinajstić information content (AvgIpc) is 3.42. The molecule has 5 N–H and O–H groups in total. The first-order valence-corrected chi connectivity index (χ1v) is 34.0. The van der Waals surface area contributed by atoms with Crippen molar-refractivity contribution in [3.63, 3.8) is 0 Å². The molecule has 0 heterocycles. The Kier molecular flexibility index (Phi) is 62.6. The monoisotopic (exact) mass is 1070 g/mol. The maximum atomic E-state index is 12.6. The van der Waals surface area contributed by atoms with Gasteiger partial charge in [-0.25, -0.2) is 0 Å². The summed E-state index contributed by atoms with van der Waals surface area (Å²) in [5, 5.41) is 44.1. The van der Waals surface area contributed by atoms with Crippen molar-refractivity contribution in [1.29, 1.82) is 0 Å². The van der Waals surface area contributed by atoms with E-state index in [2.05, 4.69) is 67.8 Å². The van der Waals surface area contributed by atoms with Crippen molar-refractivity contribution in [3.8, 4) is 0 Å². The van der Waals surface area contributed by atoms with E-state index in [1.807, 2.05) is 0 Å². The molecule has 4 atom stereocenters. The van der Waals surface area contributed by atoms with Gasteiger partial charge in [-0.15, -0.1) is 0 Å². The molecule has 1 amide bonds. The Morgan fingerprint density at radius 2 is 0.553 bits per heavy atom. The highest BCUT2D eigenvalue weighted by Crippen LogP contribution is 2.18. The summed E-state index contributed by atoms with van der Waals surface area (Å²) in [6.07, 6.45) is 83.7. The number of hydrogen-bond donors (Lipinski definition) is 5. The Morgan fingerprint density at radius 1 is 0.316 bits per heavy atom. The van der Waals surface area contributed by atoms with Crippen LogP contribution in [0.25, 0.3) is 0 Å². The number of unbranched alkanes of at least 4 members (excludes halogenated alkanes) is 46. The van der Waals surface area contributed by atoms with E-state index in [1.54, 1.807) is 0 Å². The lowest BCUT2D eigenvalue weighted by atomic mass is 10.00. The molecule has 6 heteroatoms. The van der Waals surface area contributed by atoms with E-state index < -0.39 is 36.9 Å². The molecule has 4 unspecified atom stereocenters. The van der Waals surface area contributed by atoms with Crippen molar-refractivity contribution in [1.82, 2.24) is 5.32 Å². The smallest absolute Gasteiger partial charge is 0.249 e. The predicted molar refractivity (Wildman–Crippen MR) is 334 cm³/mol. The molecule has 0 rings (SSSR count). The van der Waals surface area contributed by atoms with Gasteiger partial charge in [0, 0.05) is 0 Å². The van der Waals surface area contributed by atoms with Gasteiger partial charge in [-0.1, -0.05) is 319 Å². The number of carbonyl (C=O) groups is 1. The summed E-state index contributed by atoms with van der Waals surface area (Å²) < 4.78 is 0. The number of aliphatic hydroxyl groups is 4. The molecule has 0 aliphatic rings. The van der Waals surface area contributed by atoms with Crippen LogP contribution in [0.1, 0.15) is 361 Å². The number of rotatable bonds is 63. The Balaban J connectivity index is 3.63. The minimum atomic E-state index is -1.30. The number of carbonyl (C=O) groups excluding carboxylic acids is 1. The molecule has 0 aliphatic carbocycles. The highest BCUT2D eigenvalue weighted by molar-refractivity contribution is 5.80. The zero-order valence-electron chi connectivity index (χ0n) is 51.0. The van der Waals surface area contributed by atoms with E-state index in [4.69, 9.17) is 0 Å². The zero-order chi connectivity index (χ0) is 55.1. The molecule has 0 saturated heterocycles. The van der Waals surface area contributed by atoms with Crippen LogP contribution in [0, 0.1) is 0 Å². The number of amides is 1. The van der Waals surface area contributed by atoms with Gasteiger partial charge < -0.3 is 25.7 Å². The molecule has 0 aromatic rings. The Hall–Kier alpha value is -1.73. The van der Waals surface area contributed by atoms with Crippen molar-refractivity contribution in [2.45, 2.75) is 385 Å². The van der Waals surface area contributed by atoms with Crippen LogP contribution in [0.4, 0.5) is 0 Å². The number of hydrogen-bond acceptors (Lipinski definition) is 5. The lowest BCUT2D eigenvalue weighted by molar-refractivity contribution is -0.132. The van der Waals surface area contributed by atoms with Crippen molar-refractivity contribution in [2.24, 2.45) is 0 Å². The first-order valence-electron chi connectivity index (χ1n) is 34.0. The van der Waals surface area contributed by atoms with Gasteiger partial charge in [0.05, 0.1) is 18.8 Å². The standard InChI is InChI=1S/C70H133NO5/c1-3-5-7-9-11-13-15-17-19-21-23-25-27-29-31-33-34-36-38-40-42-44-46-48-50-52-54-56-58-60-62-64-68(74)70(76)71-66(65-72)69(75)67(73)63-61-59-57-55-53-51-49-47-45-43-41-39-37-35-32-30-28-26-24-22-20-18-16-14-12-10-8-6-4-2/h29,31,39,41,47,49,55,57,66-69,72-75H,3-28,30,32-38,40,42-46,48,50-54,56,58-65H2,1-2H3,(H,71,76)/b31-29-,41-39+,49-47+,57-55+. The van der Waals surface area contributed by atoms with Crippen LogP contribution >= 0.6 is 0 Å². The summed E-state index contributed by atoms with van der Waals surface area (Å²) in [6.45, 7) is 4.09. The Morgan fingerprint density at radius 3 is 0.829 bits per heavy atom. The number of allylic oxidation sites excluding steroid dienone is 8. The van der Waals surface area contributed by atoms with Crippen molar-refractivity contribution in [2.75, 3.05) is 6.61 Å². The largest absolute Gasteiger partial charge is 0.394 e. The molecule has 76 heavy (non-hydrogen) atoms. The topological polar surface area (TPSA) is 110 Å². The highest BCUT2D eigenvalue weighted by Gasteiger charge is 2.28. The molecule has 448 valence electrons. The van der Waals surface area contributed by atoms with Gasteiger partial charge in [0.15, 0.2) is 0 Å². The van der Waals surface area contributed by atoms with E-state index in [9.17, 15) is 25.2 Å². The fourth-order valence-electron chi connectivity index (χ4n) is 10.7. The van der Waals surface area contributed by atoms with Crippen molar-refractivity contribution >= 4 is 5.91 Å². The molecular formula is C70H133NO5. The summed E-state index contributed by atoms with van der Waals surface area (Å²) in [5.74, 6) is -0.595. The van der Waals surface area contributed by atoms with Gasteiger partial charge in [-0.05, 0) is 89.9 Å². The van der Waals surface area contributed by atoms with Crippen molar-refractivity contribution < 1.29 is 25.2 Å². The molecule has 0 aromatic heterocycles. The molecule has 0 spiro atoms. The normalized spacial score (nSPS) is 13.8. The molecule has 0 saturated carbocycles. The second kappa shape index (κ2) is 64.1. The second-order valence-electron chi connectivity index (χ2n) is 23.5. The van der Waals surface area contributed by atoms with Gasteiger partial charge in [0.1, 0.15) is 12.2 Å². The van der Waals surface area contributed by atoms with Gasteiger partial charge in [0.25, 0.3) is 0 Å². The first-order chi connectivity index (χ1) is 37.5. The maximum absolute atomic E-state index is 12.6. The molecule has 0 bridgehead atoms. The zero-order valence-corrected chi connectivity index (χ0v) is 51.0. The van der Waals surface area contributed by atoms with E-state index in [0.29, 0.717) is 19.3 Å². The summed E-state index contributed by atoms with van der Waals surface area (Å²) in [6, 6.07) is -1.01. The van der Waals surface area contributed by atoms with Crippen LogP contribution in [-0.4, -0.2) is 57.3 Å². The summed E-state index contributed by atoms with van der Waals surface area (Å²) in [5.41, 5.74) is 0. The third-order valence-corrected chi connectivity index (χ3v) is 16.0. The summed E-state index contributed by atoms with van der Waals surface area (Å²) in [7, 11) is 0. The predicted octanol–water partition coefficient (Wildman–Crippen LogP) is 20.9. The van der Waals surface area contributed by atoms with Crippen molar-refractivity contribution in [3.05, 3.63) is 48.6 Å². The Bertz CT molecular complexity index is 1250. The minimum Gasteiger partial charge on any atom is -0.394 e. The third kappa shape index (κ3) is 57.0. The molecule has 0 aliphatic heterocycles. The summed E-state index contributed by atoms with van der Waals surface area (Å²) >= 11 is 0. The molecular weight excluding hydrogens is 935 g/mol. The van der Waals surface area contributed by atoms with Crippen LogP contribution < -0.4 is 5.32 Å². The van der Waals surface area contributed by atoms with Crippen LogP contribution in [-0.2, 0) is 4.79 Å². The van der Waals surface area contributed by atoms with E-state index >= 15 is 0 Å². The number of nitrogens with one attached hydrogen (secondary N) is 1. The molecule has 0 radical (unpaired) electrons. The maximum Gasteiger partial charge on any atom is 0.249 e. The third-order valence-electron chi connectivity index (χ3n) is 16.0. The average molecular weight is 1070 g/mol. The van der Waals surface area contributed by atoms with E-state index in [-0.39, 0.29) is 0 Å². The SMILES string of the molecule is CCCCCCCCCCCCCC/C=C\CCCCCCCCCCCCCCCCCC(O)C(=O)NC(CO)C(O)C(O)CCC/C=C/CC/C=C/CC/C=C/CCCCCCCCCCCCCCCCCC. The summed E-state index contributed by atoms with van der Waals surface area (Å²) in [4.78, 5) is 12.6. The fourth-order valence-corrected chi connectivity index (χ4v) is 10.7. The van der Waals surface area contributed by atoms with Crippen LogP contribution in [0.3, 0.4) is 0 Å². The molecule has 6 nitrogen and oxygen atoms in total. The van der Waals surface area contributed by atoms with Gasteiger partial charge in [-0.3, -0.25) is 4.79 Å². The van der Waals surface area contributed by atoms with Crippen LogP contribution in [0.5, 0.6) is 0 Å². The van der Waals surface area contributed by atoms with Gasteiger partial charge in [0.2, 0.25) is 5.91 Å². The molecule has 0 fully saturated rings. The van der Waals surface area contributed by atoms with E-state index in [0.717, 1.165) is 51.4 Å².